The van der Waals surface area contributed by atoms with Gasteiger partial charge < -0.3 is 10.1 Å². The van der Waals surface area contributed by atoms with E-state index in [1.165, 1.54) is 11.1 Å². The molecule has 0 radical (unpaired) electrons. The van der Waals surface area contributed by atoms with E-state index in [1.807, 2.05) is 31.2 Å². The van der Waals surface area contributed by atoms with Crippen LogP contribution in [0.5, 0.6) is 5.75 Å². The number of pyridine rings is 1. The molecule has 0 saturated heterocycles. The minimum absolute atomic E-state index is 0.855. The van der Waals surface area contributed by atoms with Crippen molar-refractivity contribution in [1.29, 1.82) is 0 Å². The monoisotopic (exact) mass is 292 g/mol. The summed E-state index contributed by atoms with van der Waals surface area (Å²) < 4.78 is 5.20. The van der Waals surface area contributed by atoms with Gasteiger partial charge in [0, 0.05) is 22.5 Å². The highest BCUT2D eigenvalue weighted by Crippen LogP contribution is 2.29. The molecule has 3 heteroatoms. The maximum atomic E-state index is 5.20. The summed E-state index contributed by atoms with van der Waals surface area (Å²) in [5.41, 5.74) is 6.63. The van der Waals surface area contributed by atoms with Crippen LogP contribution in [0.2, 0.25) is 0 Å². The van der Waals surface area contributed by atoms with Gasteiger partial charge >= 0.3 is 0 Å². The van der Waals surface area contributed by atoms with Crippen molar-refractivity contribution in [2.24, 2.45) is 0 Å². The molecule has 1 N–H and O–H groups in total. The SMILES string of the molecule is COc1ccc(Nc2cc(C)nc3c(C)cc(C)cc23)cc1. The van der Waals surface area contributed by atoms with Gasteiger partial charge in [-0.2, -0.15) is 0 Å². The molecule has 112 valence electrons. The minimum Gasteiger partial charge on any atom is -0.497 e. The minimum atomic E-state index is 0.855. The highest BCUT2D eigenvalue weighted by atomic mass is 16.5. The molecule has 3 aromatic rings. The number of benzene rings is 2. The van der Waals surface area contributed by atoms with E-state index in [1.54, 1.807) is 7.11 Å². The molecule has 0 atom stereocenters. The number of anilines is 2. The third-order valence-electron chi connectivity index (χ3n) is 3.75. The van der Waals surface area contributed by atoms with E-state index in [0.29, 0.717) is 0 Å². The average Bonchev–Trinajstić information content (AvgIpc) is 2.49. The van der Waals surface area contributed by atoms with E-state index >= 15 is 0 Å². The third-order valence-corrected chi connectivity index (χ3v) is 3.75. The molecular weight excluding hydrogens is 272 g/mol. The van der Waals surface area contributed by atoms with Crippen LogP contribution in [-0.4, -0.2) is 12.1 Å². The second kappa shape index (κ2) is 5.68. The number of hydrogen-bond donors (Lipinski definition) is 1. The summed E-state index contributed by atoms with van der Waals surface area (Å²) in [7, 11) is 1.67. The molecule has 3 rings (SSSR count). The topological polar surface area (TPSA) is 34.1 Å². The number of rotatable bonds is 3. The quantitative estimate of drug-likeness (QED) is 0.744. The van der Waals surface area contributed by atoms with Crippen molar-refractivity contribution in [3.05, 3.63) is 59.3 Å². The fraction of sp³-hybridized carbons (Fsp3) is 0.211. The number of methoxy groups -OCH3 is 1. The molecule has 0 saturated carbocycles. The molecule has 2 aromatic carbocycles. The Morgan fingerprint density at radius 1 is 0.955 bits per heavy atom. The van der Waals surface area contributed by atoms with Crippen LogP contribution in [0, 0.1) is 20.8 Å². The standard InChI is InChI=1S/C19H20N2O/c1-12-9-13(2)19-17(10-12)18(11-14(3)20-19)21-15-5-7-16(22-4)8-6-15/h5-11H,1-4H3,(H,20,21). The number of hydrogen-bond acceptors (Lipinski definition) is 3. The van der Waals surface area contributed by atoms with Gasteiger partial charge in [-0.25, -0.2) is 0 Å². The first-order valence-electron chi connectivity index (χ1n) is 7.36. The predicted molar refractivity (Wildman–Crippen MR) is 92.2 cm³/mol. The van der Waals surface area contributed by atoms with Crippen molar-refractivity contribution in [3.8, 4) is 5.75 Å². The molecule has 1 aromatic heterocycles. The first-order chi connectivity index (χ1) is 10.6. The number of fused-ring (bicyclic) bond motifs is 1. The van der Waals surface area contributed by atoms with E-state index in [0.717, 1.165) is 33.7 Å². The lowest BCUT2D eigenvalue weighted by molar-refractivity contribution is 0.415. The number of aromatic nitrogens is 1. The maximum Gasteiger partial charge on any atom is 0.119 e. The molecule has 0 aliphatic rings. The second-order valence-corrected chi connectivity index (χ2v) is 5.64. The number of nitrogens with one attached hydrogen (secondary N) is 1. The summed E-state index contributed by atoms with van der Waals surface area (Å²) in [6.45, 7) is 6.25. The zero-order valence-corrected chi connectivity index (χ0v) is 13.4. The highest BCUT2D eigenvalue weighted by Gasteiger charge is 2.08. The molecule has 0 unspecified atom stereocenters. The van der Waals surface area contributed by atoms with Gasteiger partial charge in [0.15, 0.2) is 0 Å². The third kappa shape index (κ3) is 2.75. The van der Waals surface area contributed by atoms with E-state index in [9.17, 15) is 0 Å². The summed E-state index contributed by atoms with van der Waals surface area (Å²) in [6.07, 6.45) is 0. The normalized spacial score (nSPS) is 10.7. The van der Waals surface area contributed by atoms with Gasteiger partial charge in [-0.1, -0.05) is 11.6 Å². The van der Waals surface area contributed by atoms with Crippen molar-refractivity contribution in [2.75, 3.05) is 12.4 Å². The Bertz CT molecular complexity index is 823. The van der Waals surface area contributed by atoms with Gasteiger partial charge in [-0.3, -0.25) is 4.98 Å². The van der Waals surface area contributed by atoms with Gasteiger partial charge in [-0.15, -0.1) is 0 Å². The van der Waals surface area contributed by atoms with Crippen molar-refractivity contribution >= 4 is 22.3 Å². The van der Waals surface area contributed by atoms with Gasteiger partial charge in [-0.05, 0) is 62.7 Å². The number of aryl methyl sites for hydroxylation is 3. The van der Waals surface area contributed by atoms with Gasteiger partial charge in [0.2, 0.25) is 0 Å². The van der Waals surface area contributed by atoms with Crippen molar-refractivity contribution in [3.63, 3.8) is 0 Å². The van der Waals surface area contributed by atoms with E-state index in [2.05, 4.69) is 42.3 Å². The summed E-state index contributed by atoms with van der Waals surface area (Å²) in [5, 5.41) is 4.65. The van der Waals surface area contributed by atoms with E-state index in [-0.39, 0.29) is 0 Å². The zero-order valence-electron chi connectivity index (χ0n) is 13.4. The first kappa shape index (κ1) is 14.4. The average molecular weight is 292 g/mol. The molecule has 0 aliphatic heterocycles. The Hall–Kier alpha value is -2.55. The Morgan fingerprint density at radius 2 is 1.68 bits per heavy atom. The highest BCUT2D eigenvalue weighted by molar-refractivity contribution is 5.95. The van der Waals surface area contributed by atoms with Crippen LogP contribution in [-0.2, 0) is 0 Å². The summed E-state index contributed by atoms with van der Waals surface area (Å²) >= 11 is 0. The maximum absolute atomic E-state index is 5.20. The zero-order chi connectivity index (χ0) is 15.7. The number of nitrogens with zero attached hydrogens (tertiary/aromatic N) is 1. The van der Waals surface area contributed by atoms with E-state index < -0.39 is 0 Å². The van der Waals surface area contributed by atoms with Crippen LogP contribution in [0.1, 0.15) is 16.8 Å². The predicted octanol–water partition coefficient (Wildman–Crippen LogP) is 4.91. The van der Waals surface area contributed by atoms with Crippen LogP contribution in [0.4, 0.5) is 11.4 Å². The fourth-order valence-electron chi connectivity index (χ4n) is 2.74. The van der Waals surface area contributed by atoms with Gasteiger partial charge in [0.05, 0.1) is 12.6 Å². The Labute approximate surface area is 131 Å². The van der Waals surface area contributed by atoms with Crippen molar-refractivity contribution in [1.82, 2.24) is 4.98 Å². The first-order valence-corrected chi connectivity index (χ1v) is 7.36. The molecule has 0 bridgehead atoms. The molecule has 0 aliphatic carbocycles. The lowest BCUT2D eigenvalue weighted by Crippen LogP contribution is -1.96. The van der Waals surface area contributed by atoms with Gasteiger partial charge in [0.25, 0.3) is 0 Å². The summed E-state index contributed by atoms with van der Waals surface area (Å²) in [6, 6.07) is 14.4. The smallest absolute Gasteiger partial charge is 0.119 e. The molecule has 0 amide bonds. The van der Waals surface area contributed by atoms with Crippen LogP contribution in [0.25, 0.3) is 10.9 Å². The lowest BCUT2D eigenvalue weighted by atomic mass is 10.0. The molecule has 22 heavy (non-hydrogen) atoms. The molecular formula is C19H20N2O. The second-order valence-electron chi connectivity index (χ2n) is 5.64. The van der Waals surface area contributed by atoms with Crippen molar-refractivity contribution < 1.29 is 4.74 Å². The summed E-state index contributed by atoms with van der Waals surface area (Å²) in [5.74, 6) is 0.855. The lowest BCUT2D eigenvalue weighted by Gasteiger charge is -2.13. The Morgan fingerprint density at radius 3 is 2.36 bits per heavy atom. The fourth-order valence-corrected chi connectivity index (χ4v) is 2.74. The molecule has 1 heterocycles. The largest absolute Gasteiger partial charge is 0.497 e. The van der Waals surface area contributed by atoms with Crippen LogP contribution >= 0.6 is 0 Å². The summed E-state index contributed by atoms with van der Waals surface area (Å²) in [4.78, 5) is 4.69. The molecule has 3 nitrogen and oxygen atoms in total. The Kier molecular flexibility index (Phi) is 3.72. The van der Waals surface area contributed by atoms with Crippen LogP contribution < -0.4 is 10.1 Å². The van der Waals surface area contributed by atoms with Crippen LogP contribution in [0.15, 0.2) is 42.5 Å². The number of ether oxygens (including phenoxy) is 1. The molecule has 0 spiro atoms. The molecule has 0 fully saturated rings. The van der Waals surface area contributed by atoms with Gasteiger partial charge in [0.1, 0.15) is 5.75 Å². The van der Waals surface area contributed by atoms with E-state index in [4.69, 9.17) is 4.74 Å². The van der Waals surface area contributed by atoms with Crippen LogP contribution in [0.3, 0.4) is 0 Å². The van der Waals surface area contributed by atoms with Crippen molar-refractivity contribution in [2.45, 2.75) is 20.8 Å². The Balaban J connectivity index is 2.09.